The van der Waals surface area contributed by atoms with Gasteiger partial charge in [-0.15, -0.1) is 11.3 Å². The second-order valence-electron chi connectivity index (χ2n) is 3.67. The zero-order valence-electron chi connectivity index (χ0n) is 9.12. The van der Waals surface area contributed by atoms with E-state index in [1.807, 2.05) is 13.0 Å². The van der Waals surface area contributed by atoms with Crippen LogP contribution in [-0.4, -0.2) is 21.2 Å². The molecule has 2 aromatic rings. The van der Waals surface area contributed by atoms with E-state index >= 15 is 0 Å². The normalized spacial score (nSPS) is 12.4. The van der Waals surface area contributed by atoms with Crippen LogP contribution in [0.15, 0.2) is 29.8 Å². The monoisotopic (exact) mass is 249 g/mol. The summed E-state index contributed by atoms with van der Waals surface area (Å²) in [5.74, 6) is -1.03. The minimum Gasteiger partial charge on any atom is -0.478 e. The number of hydrogen-bond acceptors (Lipinski definition) is 4. The Morgan fingerprint density at radius 2 is 2.18 bits per heavy atom. The third-order valence-electron chi connectivity index (χ3n) is 2.39. The number of aliphatic hydroxyl groups excluding tert-OH is 1. The maximum Gasteiger partial charge on any atom is 0.336 e. The Hall–Kier alpha value is -1.72. The van der Waals surface area contributed by atoms with E-state index in [0.717, 1.165) is 5.56 Å². The molecule has 0 fully saturated rings. The molecule has 0 amide bonds. The van der Waals surface area contributed by atoms with E-state index in [-0.39, 0.29) is 5.56 Å². The minimum absolute atomic E-state index is 0.130. The molecule has 4 nitrogen and oxygen atoms in total. The molecule has 2 rings (SSSR count). The maximum atomic E-state index is 10.9. The summed E-state index contributed by atoms with van der Waals surface area (Å²) >= 11 is 1.21. The van der Waals surface area contributed by atoms with Crippen LogP contribution in [0.1, 0.15) is 32.6 Å². The fraction of sp³-hybridized carbons (Fsp3) is 0.167. The van der Waals surface area contributed by atoms with Gasteiger partial charge in [-0.05, 0) is 30.0 Å². The smallest absolute Gasteiger partial charge is 0.336 e. The largest absolute Gasteiger partial charge is 0.478 e. The van der Waals surface area contributed by atoms with Gasteiger partial charge in [-0.3, -0.25) is 4.98 Å². The van der Waals surface area contributed by atoms with Crippen LogP contribution < -0.4 is 0 Å². The summed E-state index contributed by atoms with van der Waals surface area (Å²) in [6, 6.07) is 5.02. The molecule has 88 valence electrons. The Labute approximate surface area is 102 Å². The van der Waals surface area contributed by atoms with E-state index < -0.39 is 12.1 Å². The highest BCUT2D eigenvalue weighted by Crippen LogP contribution is 2.28. The molecule has 0 spiro atoms. The standard InChI is InChI=1S/C12H11NO3S/c1-7-2-3-9(13-6-7)10(14)11-8(12(15)16)4-5-17-11/h2-6,10,14H,1H3,(H,15,16). The van der Waals surface area contributed by atoms with Crippen molar-refractivity contribution in [3.05, 3.63) is 51.5 Å². The van der Waals surface area contributed by atoms with Gasteiger partial charge in [0.2, 0.25) is 0 Å². The molecule has 0 aromatic carbocycles. The average molecular weight is 249 g/mol. The number of hydrogen-bond donors (Lipinski definition) is 2. The predicted molar refractivity (Wildman–Crippen MR) is 64.3 cm³/mol. The Bertz CT molecular complexity index is 533. The van der Waals surface area contributed by atoms with Gasteiger partial charge in [-0.25, -0.2) is 4.79 Å². The molecule has 17 heavy (non-hydrogen) atoms. The summed E-state index contributed by atoms with van der Waals surface area (Å²) < 4.78 is 0. The van der Waals surface area contributed by atoms with Crippen molar-refractivity contribution < 1.29 is 15.0 Å². The fourth-order valence-corrected chi connectivity index (χ4v) is 2.37. The van der Waals surface area contributed by atoms with Crippen LogP contribution in [0.4, 0.5) is 0 Å². The van der Waals surface area contributed by atoms with Gasteiger partial charge in [0.25, 0.3) is 0 Å². The molecular weight excluding hydrogens is 238 g/mol. The molecule has 0 aliphatic rings. The number of thiophene rings is 1. The van der Waals surface area contributed by atoms with Crippen molar-refractivity contribution in [1.29, 1.82) is 0 Å². The van der Waals surface area contributed by atoms with Crippen LogP contribution in [0.3, 0.4) is 0 Å². The topological polar surface area (TPSA) is 70.4 Å². The summed E-state index contributed by atoms with van der Waals surface area (Å²) in [6.45, 7) is 1.90. The summed E-state index contributed by atoms with van der Waals surface area (Å²) in [6.07, 6.45) is 0.661. The molecule has 0 aliphatic heterocycles. The van der Waals surface area contributed by atoms with Crippen LogP contribution in [0.25, 0.3) is 0 Å². The summed E-state index contributed by atoms with van der Waals surface area (Å²) in [4.78, 5) is 15.5. The second-order valence-corrected chi connectivity index (χ2v) is 4.61. The van der Waals surface area contributed by atoms with Crippen LogP contribution in [-0.2, 0) is 0 Å². The Kier molecular flexibility index (Phi) is 3.21. The van der Waals surface area contributed by atoms with Gasteiger partial charge in [-0.2, -0.15) is 0 Å². The van der Waals surface area contributed by atoms with Gasteiger partial charge < -0.3 is 10.2 Å². The van der Waals surface area contributed by atoms with Gasteiger partial charge in [0, 0.05) is 6.20 Å². The molecular formula is C12H11NO3S. The summed E-state index contributed by atoms with van der Waals surface area (Å²) in [5, 5.41) is 20.7. The summed E-state index contributed by atoms with van der Waals surface area (Å²) in [5.41, 5.74) is 1.58. The van der Waals surface area contributed by atoms with E-state index in [1.165, 1.54) is 17.4 Å². The lowest BCUT2D eigenvalue weighted by atomic mass is 10.1. The van der Waals surface area contributed by atoms with Crippen molar-refractivity contribution in [3.8, 4) is 0 Å². The number of aromatic carboxylic acids is 1. The molecule has 0 saturated carbocycles. The number of aryl methyl sites for hydroxylation is 1. The first-order valence-electron chi connectivity index (χ1n) is 5.01. The molecule has 1 unspecified atom stereocenters. The Morgan fingerprint density at radius 1 is 1.41 bits per heavy atom. The lowest BCUT2D eigenvalue weighted by Gasteiger charge is -2.09. The number of pyridine rings is 1. The van der Waals surface area contributed by atoms with E-state index in [1.54, 1.807) is 17.6 Å². The third-order valence-corrected chi connectivity index (χ3v) is 3.36. The van der Waals surface area contributed by atoms with Crippen LogP contribution in [0.5, 0.6) is 0 Å². The zero-order chi connectivity index (χ0) is 12.4. The number of carboxylic acid groups (broad SMARTS) is 1. The summed E-state index contributed by atoms with van der Waals surface area (Å²) in [7, 11) is 0. The van der Waals surface area contributed by atoms with Crippen molar-refractivity contribution >= 4 is 17.3 Å². The molecule has 2 heterocycles. The first-order valence-corrected chi connectivity index (χ1v) is 5.89. The van der Waals surface area contributed by atoms with E-state index in [9.17, 15) is 9.90 Å². The van der Waals surface area contributed by atoms with Crippen LogP contribution in [0.2, 0.25) is 0 Å². The second kappa shape index (κ2) is 4.65. The van der Waals surface area contributed by atoms with Gasteiger partial charge >= 0.3 is 5.97 Å². The van der Waals surface area contributed by atoms with Crippen LogP contribution >= 0.6 is 11.3 Å². The van der Waals surface area contributed by atoms with Gasteiger partial charge in [0.15, 0.2) is 0 Å². The highest BCUT2D eigenvalue weighted by Gasteiger charge is 2.20. The van der Waals surface area contributed by atoms with E-state index in [0.29, 0.717) is 10.6 Å². The van der Waals surface area contributed by atoms with E-state index in [4.69, 9.17) is 5.11 Å². The minimum atomic E-state index is -1.03. The number of aliphatic hydroxyl groups is 1. The number of carboxylic acids is 1. The number of aromatic nitrogens is 1. The Morgan fingerprint density at radius 3 is 2.76 bits per heavy atom. The highest BCUT2D eigenvalue weighted by atomic mass is 32.1. The van der Waals surface area contributed by atoms with Crippen LogP contribution in [0, 0.1) is 6.92 Å². The van der Waals surface area contributed by atoms with Crippen molar-refractivity contribution in [2.45, 2.75) is 13.0 Å². The molecule has 0 aliphatic carbocycles. The van der Waals surface area contributed by atoms with E-state index in [2.05, 4.69) is 4.98 Å². The van der Waals surface area contributed by atoms with Crippen molar-refractivity contribution in [2.24, 2.45) is 0 Å². The average Bonchev–Trinajstić information content (AvgIpc) is 2.78. The zero-order valence-corrected chi connectivity index (χ0v) is 9.94. The lowest BCUT2D eigenvalue weighted by molar-refractivity contribution is 0.0692. The van der Waals surface area contributed by atoms with Crippen molar-refractivity contribution in [2.75, 3.05) is 0 Å². The highest BCUT2D eigenvalue weighted by molar-refractivity contribution is 7.10. The molecule has 1 atom stereocenters. The Balaban J connectivity index is 2.36. The number of nitrogens with zero attached hydrogens (tertiary/aromatic N) is 1. The first-order chi connectivity index (χ1) is 8.09. The molecule has 0 bridgehead atoms. The van der Waals surface area contributed by atoms with Gasteiger partial charge in [0.05, 0.1) is 16.1 Å². The van der Waals surface area contributed by atoms with Gasteiger partial charge in [0.1, 0.15) is 6.10 Å². The molecule has 0 saturated heterocycles. The molecule has 0 radical (unpaired) electrons. The lowest BCUT2D eigenvalue weighted by Crippen LogP contribution is -2.06. The molecule has 2 N–H and O–H groups in total. The van der Waals surface area contributed by atoms with Gasteiger partial charge in [-0.1, -0.05) is 6.07 Å². The predicted octanol–water partition coefficient (Wildman–Crippen LogP) is 2.23. The number of rotatable bonds is 3. The molecule has 2 aromatic heterocycles. The van der Waals surface area contributed by atoms with Crippen molar-refractivity contribution in [3.63, 3.8) is 0 Å². The number of carbonyl (C=O) groups is 1. The third kappa shape index (κ3) is 2.35. The quantitative estimate of drug-likeness (QED) is 0.875. The first kappa shape index (κ1) is 11.8. The van der Waals surface area contributed by atoms with Crippen molar-refractivity contribution in [1.82, 2.24) is 4.98 Å². The fourth-order valence-electron chi connectivity index (χ4n) is 1.48. The SMILES string of the molecule is Cc1ccc(C(O)c2sccc2C(=O)O)nc1. The molecule has 5 heteroatoms. The maximum absolute atomic E-state index is 10.9.